The van der Waals surface area contributed by atoms with E-state index < -0.39 is 13.9 Å². The molecule has 1 aromatic rings. The summed E-state index contributed by atoms with van der Waals surface area (Å²) in [6.07, 6.45) is 17.8. The van der Waals surface area contributed by atoms with Gasteiger partial charge in [-0.15, -0.1) is 0 Å². The Balaban J connectivity index is 1.90. The van der Waals surface area contributed by atoms with Crippen LogP contribution < -0.4 is 0 Å². The van der Waals surface area contributed by atoms with Gasteiger partial charge in [-0.3, -0.25) is 0 Å². The summed E-state index contributed by atoms with van der Waals surface area (Å²) in [5.74, 6) is 0.649. The minimum absolute atomic E-state index is 0.115. The lowest BCUT2D eigenvalue weighted by molar-refractivity contribution is 0.0728. The predicted molar refractivity (Wildman–Crippen MR) is 146 cm³/mol. The molecular formula is C30H48O3Si. The van der Waals surface area contributed by atoms with Gasteiger partial charge < -0.3 is 14.3 Å². The molecular weight excluding hydrogens is 436 g/mol. The summed E-state index contributed by atoms with van der Waals surface area (Å²) in [4.78, 5) is 0. The molecule has 190 valence electrons. The molecule has 0 aromatic heterocycles. The van der Waals surface area contributed by atoms with Crippen molar-refractivity contribution in [1.82, 2.24) is 0 Å². The highest BCUT2D eigenvalue weighted by molar-refractivity contribution is 6.74. The minimum Gasteiger partial charge on any atom is -0.410 e. The molecule has 0 amide bonds. The van der Waals surface area contributed by atoms with Gasteiger partial charge in [0.2, 0.25) is 0 Å². The Bertz CT molecular complexity index is 832. The highest BCUT2D eigenvalue weighted by Crippen LogP contribution is 2.46. The number of rotatable bonds is 11. The van der Waals surface area contributed by atoms with E-state index in [-0.39, 0.29) is 17.1 Å². The quantitative estimate of drug-likeness (QED) is 0.200. The second-order valence-corrected chi connectivity index (χ2v) is 16.8. The Morgan fingerprint density at radius 3 is 2.50 bits per heavy atom. The number of hydrogen-bond donors (Lipinski definition) is 1. The first kappa shape index (κ1) is 27.4. The van der Waals surface area contributed by atoms with Crippen molar-refractivity contribution in [2.45, 2.75) is 108 Å². The van der Waals surface area contributed by atoms with Crippen molar-refractivity contribution < 1.29 is 14.3 Å². The van der Waals surface area contributed by atoms with E-state index in [0.29, 0.717) is 0 Å². The topological polar surface area (TPSA) is 38.7 Å². The Hall–Kier alpha value is -1.20. The van der Waals surface area contributed by atoms with Crippen molar-refractivity contribution >= 4 is 8.32 Å². The van der Waals surface area contributed by atoms with Gasteiger partial charge in [-0.05, 0) is 66.9 Å². The SMILES string of the molecule is COCCCCc1ccccc1[C@H]1[C@H](O[Si](C)(C)C(C)(C)C)C=C[C@]1(O)/C=C/CC1CCCC1. The normalized spacial score (nSPS) is 26.2. The lowest BCUT2D eigenvalue weighted by Crippen LogP contribution is -2.46. The minimum atomic E-state index is -2.02. The van der Waals surface area contributed by atoms with Crippen LogP contribution in [0.1, 0.15) is 82.8 Å². The molecule has 3 nitrogen and oxygen atoms in total. The van der Waals surface area contributed by atoms with Gasteiger partial charge in [-0.25, -0.2) is 0 Å². The number of allylic oxidation sites excluding steroid dienone is 1. The molecule has 1 saturated carbocycles. The largest absolute Gasteiger partial charge is 0.410 e. The van der Waals surface area contributed by atoms with Crippen molar-refractivity contribution in [2.24, 2.45) is 5.92 Å². The molecule has 0 spiro atoms. The van der Waals surface area contributed by atoms with Gasteiger partial charge in [-0.2, -0.15) is 0 Å². The molecule has 0 aliphatic heterocycles. The maximum absolute atomic E-state index is 12.0. The number of ether oxygens (including phenoxy) is 1. The number of aliphatic hydroxyl groups is 1. The lowest BCUT2D eigenvalue weighted by atomic mass is 9.79. The van der Waals surface area contributed by atoms with Crippen LogP contribution in [0, 0.1) is 5.92 Å². The van der Waals surface area contributed by atoms with Crippen LogP contribution in [0.3, 0.4) is 0 Å². The van der Waals surface area contributed by atoms with E-state index in [2.05, 4.69) is 76.4 Å². The molecule has 34 heavy (non-hydrogen) atoms. The Kier molecular flexibility index (Phi) is 9.41. The molecule has 3 atom stereocenters. The second kappa shape index (κ2) is 11.7. The van der Waals surface area contributed by atoms with Gasteiger partial charge in [0.1, 0.15) is 5.60 Å². The third-order valence-electron chi connectivity index (χ3n) is 8.38. The molecule has 0 radical (unpaired) electrons. The highest BCUT2D eigenvalue weighted by Gasteiger charge is 2.48. The average Bonchev–Trinajstić information content (AvgIpc) is 3.39. The third kappa shape index (κ3) is 6.72. The molecule has 2 aliphatic carbocycles. The summed E-state index contributed by atoms with van der Waals surface area (Å²) in [5.41, 5.74) is 1.52. The van der Waals surface area contributed by atoms with Gasteiger partial charge >= 0.3 is 0 Å². The standard InChI is InChI=1S/C30H48O3Si/c1-29(2,3)34(5,6)33-27-20-22-30(31,21-13-16-24-14-7-8-15-24)28(27)26-19-10-9-17-25(26)18-11-12-23-32-4/h9-10,13,17,19-22,24,27-28,31H,7-8,11-12,14-16,18,23H2,1-6H3/b21-13+/t27-,28+,30-/m1/s1. The van der Waals surface area contributed by atoms with Crippen LogP contribution in [0.25, 0.3) is 0 Å². The van der Waals surface area contributed by atoms with Crippen molar-refractivity contribution in [3.8, 4) is 0 Å². The molecule has 1 aromatic carbocycles. The molecule has 1 fully saturated rings. The van der Waals surface area contributed by atoms with Gasteiger partial charge in [-0.1, -0.05) is 88.9 Å². The Labute approximate surface area is 209 Å². The third-order valence-corrected chi connectivity index (χ3v) is 12.9. The maximum Gasteiger partial charge on any atom is 0.192 e. The van der Waals surface area contributed by atoms with E-state index in [9.17, 15) is 5.11 Å². The van der Waals surface area contributed by atoms with E-state index in [1.165, 1.54) is 36.8 Å². The van der Waals surface area contributed by atoms with Crippen molar-refractivity contribution in [3.63, 3.8) is 0 Å². The molecule has 0 unspecified atom stereocenters. The zero-order valence-electron chi connectivity index (χ0n) is 22.5. The first-order valence-electron chi connectivity index (χ1n) is 13.4. The monoisotopic (exact) mass is 484 g/mol. The number of aryl methyl sites for hydroxylation is 1. The second-order valence-electron chi connectivity index (χ2n) is 12.0. The zero-order valence-corrected chi connectivity index (χ0v) is 23.5. The van der Waals surface area contributed by atoms with E-state index in [1.54, 1.807) is 7.11 Å². The Morgan fingerprint density at radius 2 is 1.82 bits per heavy atom. The average molecular weight is 485 g/mol. The van der Waals surface area contributed by atoms with E-state index in [0.717, 1.165) is 38.2 Å². The smallest absolute Gasteiger partial charge is 0.192 e. The number of benzene rings is 1. The lowest BCUT2D eigenvalue weighted by Gasteiger charge is -2.41. The fraction of sp³-hybridized carbons (Fsp3) is 0.667. The molecule has 0 bridgehead atoms. The van der Waals surface area contributed by atoms with Crippen molar-refractivity contribution in [2.75, 3.05) is 13.7 Å². The van der Waals surface area contributed by atoms with Crippen molar-refractivity contribution in [1.29, 1.82) is 0 Å². The highest BCUT2D eigenvalue weighted by atomic mass is 28.4. The fourth-order valence-corrected chi connectivity index (χ4v) is 6.51. The van der Waals surface area contributed by atoms with E-state index in [1.807, 2.05) is 6.08 Å². The van der Waals surface area contributed by atoms with E-state index in [4.69, 9.17) is 9.16 Å². The van der Waals surface area contributed by atoms with Gasteiger partial charge in [0.25, 0.3) is 0 Å². The van der Waals surface area contributed by atoms with Gasteiger partial charge in [0.15, 0.2) is 8.32 Å². The summed E-state index contributed by atoms with van der Waals surface area (Å²) >= 11 is 0. The molecule has 1 N–H and O–H groups in total. The van der Waals surface area contributed by atoms with Crippen LogP contribution in [0.5, 0.6) is 0 Å². The molecule has 4 heteroatoms. The van der Waals surface area contributed by atoms with Crippen LogP contribution in [0.15, 0.2) is 48.6 Å². The van der Waals surface area contributed by atoms with Crippen LogP contribution in [-0.4, -0.2) is 38.8 Å². The molecule has 3 rings (SSSR count). The number of hydrogen-bond acceptors (Lipinski definition) is 3. The zero-order chi connectivity index (χ0) is 24.8. The summed E-state index contributed by atoms with van der Waals surface area (Å²) in [6.45, 7) is 12.3. The summed E-state index contributed by atoms with van der Waals surface area (Å²) < 4.78 is 12.2. The summed E-state index contributed by atoms with van der Waals surface area (Å²) in [7, 11) is -0.253. The number of methoxy groups -OCH3 is 1. The first-order chi connectivity index (χ1) is 16.1. The van der Waals surface area contributed by atoms with Crippen LogP contribution in [0.2, 0.25) is 18.1 Å². The van der Waals surface area contributed by atoms with Crippen molar-refractivity contribution in [3.05, 3.63) is 59.7 Å². The fourth-order valence-electron chi connectivity index (χ4n) is 5.26. The summed E-state index contributed by atoms with van der Waals surface area (Å²) in [5, 5.41) is 12.1. The van der Waals surface area contributed by atoms with Gasteiger partial charge in [0, 0.05) is 19.6 Å². The Morgan fingerprint density at radius 1 is 1.12 bits per heavy atom. The van der Waals surface area contributed by atoms with Gasteiger partial charge in [0.05, 0.1) is 6.10 Å². The van der Waals surface area contributed by atoms with Crippen LogP contribution in [0.4, 0.5) is 0 Å². The maximum atomic E-state index is 12.0. The first-order valence-corrected chi connectivity index (χ1v) is 16.3. The summed E-state index contributed by atoms with van der Waals surface area (Å²) in [6, 6.07) is 8.67. The molecule has 2 aliphatic rings. The predicted octanol–water partition coefficient (Wildman–Crippen LogP) is 7.57. The van der Waals surface area contributed by atoms with Crippen LogP contribution in [-0.2, 0) is 15.6 Å². The molecule has 0 saturated heterocycles. The number of unbranched alkanes of at least 4 members (excludes halogenated alkanes) is 1. The molecule has 0 heterocycles. The van der Waals surface area contributed by atoms with E-state index >= 15 is 0 Å². The van der Waals surface area contributed by atoms with Crippen LogP contribution >= 0.6 is 0 Å².